The molecule has 0 aliphatic heterocycles. The number of furan rings is 1. The fourth-order valence-electron chi connectivity index (χ4n) is 1.87. The van der Waals surface area contributed by atoms with Crippen molar-refractivity contribution in [2.24, 2.45) is 5.41 Å². The van der Waals surface area contributed by atoms with Crippen LogP contribution in [0.15, 0.2) is 34.7 Å². The fourth-order valence-corrected chi connectivity index (χ4v) is 1.87. The van der Waals surface area contributed by atoms with Crippen molar-refractivity contribution in [2.45, 2.75) is 20.0 Å². The standard InChI is InChI=1S/C14H16O4/c1-14(2,13(16)17-3)12(15)11-8-9-6-4-5-7-10(9)18-11/h4-8,12,15H,1-3H3. The molecule has 1 atom stereocenters. The summed E-state index contributed by atoms with van der Waals surface area (Å²) in [6, 6.07) is 9.19. The SMILES string of the molecule is COC(=O)C(C)(C)C(O)c1cc2ccccc2o1. The lowest BCUT2D eigenvalue weighted by atomic mass is 9.85. The Morgan fingerprint density at radius 1 is 1.39 bits per heavy atom. The van der Waals surface area contributed by atoms with Crippen molar-refractivity contribution in [3.63, 3.8) is 0 Å². The molecule has 0 aliphatic rings. The van der Waals surface area contributed by atoms with Crippen LogP contribution < -0.4 is 0 Å². The van der Waals surface area contributed by atoms with Gasteiger partial charge in [0.25, 0.3) is 0 Å². The third-order valence-corrected chi connectivity index (χ3v) is 3.11. The van der Waals surface area contributed by atoms with E-state index < -0.39 is 17.5 Å². The number of aliphatic hydroxyl groups excluding tert-OH is 1. The smallest absolute Gasteiger partial charge is 0.314 e. The van der Waals surface area contributed by atoms with Crippen molar-refractivity contribution in [3.05, 3.63) is 36.1 Å². The van der Waals surface area contributed by atoms with Crippen LogP contribution in [-0.2, 0) is 9.53 Å². The van der Waals surface area contributed by atoms with E-state index in [0.29, 0.717) is 11.3 Å². The van der Waals surface area contributed by atoms with Crippen molar-refractivity contribution in [1.29, 1.82) is 0 Å². The zero-order valence-electron chi connectivity index (χ0n) is 10.6. The Hall–Kier alpha value is -1.81. The van der Waals surface area contributed by atoms with Gasteiger partial charge in [-0.05, 0) is 26.0 Å². The second-order valence-corrected chi connectivity index (χ2v) is 4.80. The van der Waals surface area contributed by atoms with Crippen molar-refractivity contribution in [2.75, 3.05) is 7.11 Å². The third-order valence-electron chi connectivity index (χ3n) is 3.11. The summed E-state index contributed by atoms with van der Waals surface area (Å²) in [4.78, 5) is 11.6. The maximum atomic E-state index is 11.6. The summed E-state index contributed by atoms with van der Waals surface area (Å²) in [5.74, 6) is -0.109. The molecular formula is C14H16O4. The summed E-state index contributed by atoms with van der Waals surface area (Å²) in [6.07, 6.45) is -1.04. The van der Waals surface area contributed by atoms with E-state index in [-0.39, 0.29) is 0 Å². The second kappa shape index (κ2) is 4.46. The molecule has 4 heteroatoms. The van der Waals surface area contributed by atoms with Gasteiger partial charge < -0.3 is 14.3 Å². The number of rotatable bonds is 3. The van der Waals surface area contributed by atoms with Crippen LogP contribution in [0.5, 0.6) is 0 Å². The van der Waals surface area contributed by atoms with Gasteiger partial charge in [-0.25, -0.2) is 0 Å². The third kappa shape index (κ3) is 1.99. The summed E-state index contributed by atoms with van der Waals surface area (Å²) >= 11 is 0. The molecule has 2 rings (SSSR count). The summed E-state index contributed by atoms with van der Waals surface area (Å²) in [7, 11) is 1.30. The van der Waals surface area contributed by atoms with Crippen LogP contribution in [0.3, 0.4) is 0 Å². The zero-order chi connectivity index (χ0) is 13.3. The first kappa shape index (κ1) is 12.6. The van der Waals surface area contributed by atoms with E-state index in [1.807, 2.05) is 24.3 Å². The highest BCUT2D eigenvalue weighted by atomic mass is 16.5. The van der Waals surface area contributed by atoms with Gasteiger partial charge in [-0.15, -0.1) is 0 Å². The van der Waals surface area contributed by atoms with Gasteiger partial charge in [0, 0.05) is 5.39 Å². The molecule has 18 heavy (non-hydrogen) atoms. The highest BCUT2D eigenvalue weighted by Gasteiger charge is 2.39. The molecule has 0 bridgehead atoms. The van der Waals surface area contributed by atoms with Gasteiger partial charge in [-0.2, -0.15) is 0 Å². The van der Waals surface area contributed by atoms with Gasteiger partial charge in [0.05, 0.1) is 12.5 Å². The molecule has 0 amide bonds. The first-order valence-corrected chi connectivity index (χ1v) is 5.71. The average molecular weight is 248 g/mol. The molecule has 1 aromatic carbocycles. The van der Waals surface area contributed by atoms with E-state index in [1.165, 1.54) is 7.11 Å². The maximum absolute atomic E-state index is 11.6. The predicted molar refractivity (Wildman–Crippen MR) is 67.0 cm³/mol. The highest BCUT2D eigenvalue weighted by molar-refractivity contribution is 5.79. The van der Waals surface area contributed by atoms with Crippen LogP contribution in [-0.4, -0.2) is 18.2 Å². The molecule has 2 aromatic rings. The number of hydrogen-bond donors (Lipinski definition) is 1. The fraction of sp³-hybridized carbons (Fsp3) is 0.357. The lowest BCUT2D eigenvalue weighted by Crippen LogP contribution is -2.32. The Morgan fingerprint density at radius 2 is 2.06 bits per heavy atom. The molecular weight excluding hydrogens is 232 g/mol. The molecule has 0 spiro atoms. The van der Waals surface area contributed by atoms with E-state index in [0.717, 1.165) is 5.39 Å². The largest absolute Gasteiger partial charge is 0.469 e. The van der Waals surface area contributed by atoms with Gasteiger partial charge in [0.15, 0.2) is 0 Å². The van der Waals surface area contributed by atoms with Crippen LogP contribution >= 0.6 is 0 Å². The molecule has 0 saturated carbocycles. The molecule has 1 unspecified atom stereocenters. The quantitative estimate of drug-likeness (QED) is 0.848. The number of methoxy groups -OCH3 is 1. The summed E-state index contributed by atoms with van der Waals surface area (Å²) in [5, 5.41) is 11.2. The summed E-state index contributed by atoms with van der Waals surface area (Å²) < 4.78 is 10.2. The van der Waals surface area contributed by atoms with E-state index in [4.69, 9.17) is 9.15 Å². The highest BCUT2D eigenvalue weighted by Crippen LogP contribution is 2.36. The van der Waals surface area contributed by atoms with Gasteiger partial charge in [0.1, 0.15) is 17.4 Å². The van der Waals surface area contributed by atoms with Crippen molar-refractivity contribution >= 4 is 16.9 Å². The van der Waals surface area contributed by atoms with Crippen LogP contribution in [0, 0.1) is 5.41 Å². The Kier molecular flexibility index (Phi) is 3.13. The molecule has 96 valence electrons. The van der Waals surface area contributed by atoms with Gasteiger partial charge >= 0.3 is 5.97 Å². The van der Waals surface area contributed by atoms with Crippen molar-refractivity contribution in [1.82, 2.24) is 0 Å². The lowest BCUT2D eigenvalue weighted by molar-refractivity contribution is -0.158. The number of para-hydroxylation sites is 1. The summed E-state index contributed by atoms with van der Waals surface area (Å²) in [6.45, 7) is 3.24. The molecule has 1 N–H and O–H groups in total. The second-order valence-electron chi connectivity index (χ2n) is 4.80. The molecule has 1 aromatic heterocycles. The first-order valence-electron chi connectivity index (χ1n) is 5.71. The monoisotopic (exact) mass is 248 g/mol. The van der Waals surface area contributed by atoms with E-state index in [9.17, 15) is 9.90 Å². The van der Waals surface area contributed by atoms with Gasteiger partial charge in [0.2, 0.25) is 0 Å². The minimum Gasteiger partial charge on any atom is -0.469 e. The molecule has 0 aliphatic carbocycles. The minimum atomic E-state index is -1.05. The minimum absolute atomic E-state index is 0.367. The molecule has 0 saturated heterocycles. The van der Waals surface area contributed by atoms with E-state index >= 15 is 0 Å². The number of fused-ring (bicyclic) bond motifs is 1. The van der Waals surface area contributed by atoms with Crippen molar-refractivity contribution in [3.8, 4) is 0 Å². The Labute approximate surface area is 105 Å². The summed E-state index contributed by atoms with van der Waals surface area (Å²) in [5.41, 5.74) is -0.366. The first-order chi connectivity index (χ1) is 8.46. The Balaban J connectivity index is 2.39. The number of esters is 1. The number of carbonyl (C=O) groups excluding carboxylic acids is 1. The number of aliphatic hydroxyl groups is 1. The molecule has 0 fully saturated rings. The maximum Gasteiger partial charge on any atom is 0.314 e. The molecule has 4 nitrogen and oxygen atoms in total. The molecule has 1 heterocycles. The zero-order valence-corrected chi connectivity index (χ0v) is 10.6. The number of hydrogen-bond acceptors (Lipinski definition) is 4. The van der Waals surface area contributed by atoms with Crippen LogP contribution in [0.25, 0.3) is 11.0 Å². The van der Waals surface area contributed by atoms with Crippen LogP contribution in [0.4, 0.5) is 0 Å². The Bertz CT molecular complexity index is 535. The number of ether oxygens (including phenoxy) is 1. The normalized spacial score (nSPS) is 13.6. The lowest BCUT2D eigenvalue weighted by Gasteiger charge is -2.25. The number of benzene rings is 1. The van der Waals surface area contributed by atoms with Gasteiger partial charge in [-0.1, -0.05) is 18.2 Å². The molecule has 0 radical (unpaired) electrons. The Morgan fingerprint density at radius 3 is 2.67 bits per heavy atom. The van der Waals surface area contributed by atoms with E-state index in [1.54, 1.807) is 19.9 Å². The van der Waals surface area contributed by atoms with E-state index in [2.05, 4.69) is 0 Å². The topological polar surface area (TPSA) is 59.7 Å². The average Bonchev–Trinajstić information content (AvgIpc) is 2.80. The van der Waals surface area contributed by atoms with Crippen LogP contribution in [0.1, 0.15) is 25.7 Å². The van der Waals surface area contributed by atoms with Gasteiger partial charge in [-0.3, -0.25) is 4.79 Å². The number of carbonyl (C=O) groups is 1. The van der Waals surface area contributed by atoms with Crippen LogP contribution in [0.2, 0.25) is 0 Å². The predicted octanol–water partition coefficient (Wildman–Crippen LogP) is 2.67. The van der Waals surface area contributed by atoms with Crippen molar-refractivity contribution < 1.29 is 19.1 Å².